The van der Waals surface area contributed by atoms with Crippen molar-refractivity contribution in [3.63, 3.8) is 0 Å². The molecule has 1 amide bonds. The van der Waals surface area contributed by atoms with Crippen LogP contribution < -0.4 is 11.5 Å². The maximum absolute atomic E-state index is 12.0. The van der Waals surface area contributed by atoms with Gasteiger partial charge in [-0.1, -0.05) is 6.07 Å². The van der Waals surface area contributed by atoms with E-state index in [9.17, 15) is 13.2 Å². The fourth-order valence-electron chi connectivity index (χ4n) is 1.87. The number of amides is 1. The first-order valence-electron chi connectivity index (χ1n) is 5.89. The molecule has 0 aliphatic carbocycles. The first-order chi connectivity index (χ1) is 8.50. The molecule has 0 aromatic heterocycles. The Labute approximate surface area is 113 Å². The molecule has 0 saturated heterocycles. The number of carbonyl (C=O) groups excluding carboxylic acids is 1. The van der Waals surface area contributed by atoms with Crippen molar-refractivity contribution < 1.29 is 13.2 Å². The summed E-state index contributed by atoms with van der Waals surface area (Å²) in [6.45, 7) is 5.10. The molecule has 6 heteroatoms. The van der Waals surface area contributed by atoms with E-state index in [-0.39, 0.29) is 11.5 Å². The average Bonchev–Trinajstić information content (AvgIpc) is 2.16. The highest BCUT2D eigenvalue weighted by molar-refractivity contribution is 7.90. The molecule has 106 valence electrons. The Morgan fingerprint density at radius 1 is 1.32 bits per heavy atom. The van der Waals surface area contributed by atoms with Gasteiger partial charge in [0.05, 0.1) is 11.5 Å². The van der Waals surface area contributed by atoms with E-state index in [1.54, 1.807) is 32.9 Å². The van der Waals surface area contributed by atoms with Gasteiger partial charge in [0.15, 0.2) is 9.84 Å². The number of carbonyl (C=O) groups is 1. The first kappa shape index (κ1) is 15.7. The Bertz CT molecular complexity index is 586. The van der Waals surface area contributed by atoms with Crippen molar-refractivity contribution in [1.29, 1.82) is 0 Å². The summed E-state index contributed by atoms with van der Waals surface area (Å²) in [6, 6.07) is 4.76. The second kappa shape index (κ2) is 5.30. The number of nitrogens with two attached hydrogens (primary N) is 2. The fourth-order valence-corrected chi connectivity index (χ4v) is 3.90. The monoisotopic (exact) mass is 284 g/mol. The van der Waals surface area contributed by atoms with Gasteiger partial charge in [0.25, 0.3) is 0 Å². The summed E-state index contributed by atoms with van der Waals surface area (Å²) in [4.78, 5) is 11.0. The molecule has 1 aromatic rings. The third-order valence-corrected chi connectivity index (χ3v) is 4.53. The minimum Gasteiger partial charge on any atom is -0.366 e. The molecule has 0 saturated carbocycles. The van der Waals surface area contributed by atoms with Crippen LogP contribution in [0, 0.1) is 6.92 Å². The van der Waals surface area contributed by atoms with Crippen LogP contribution in [0.4, 0.5) is 0 Å². The molecule has 0 spiro atoms. The Kier molecular flexibility index (Phi) is 4.37. The second-order valence-corrected chi connectivity index (χ2v) is 7.59. The molecule has 19 heavy (non-hydrogen) atoms. The maximum atomic E-state index is 12.0. The molecule has 0 aliphatic rings. The molecule has 1 rings (SSSR count). The zero-order valence-electron chi connectivity index (χ0n) is 11.4. The van der Waals surface area contributed by atoms with Crippen molar-refractivity contribution in [2.45, 2.75) is 32.1 Å². The SMILES string of the molecule is Cc1cc(C(N)=O)ccc1CS(=O)(=O)CC(C)(C)N. The van der Waals surface area contributed by atoms with E-state index in [2.05, 4.69) is 0 Å². The molecule has 0 fully saturated rings. The predicted molar refractivity (Wildman–Crippen MR) is 75.5 cm³/mol. The first-order valence-corrected chi connectivity index (χ1v) is 7.71. The van der Waals surface area contributed by atoms with Gasteiger partial charge in [-0.15, -0.1) is 0 Å². The molecule has 0 aliphatic heterocycles. The molecule has 0 bridgehead atoms. The highest BCUT2D eigenvalue weighted by atomic mass is 32.2. The van der Waals surface area contributed by atoms with Crippen LogP contribution in [0.3, 0.4) is 0 Å². The van der Waals surface area contributed by atoms with Gasteiger partial charge in [-0.3, -0.25) is 4.79 Å². The van der Waals surface area contributed by atoms with Crippen LogP contribution in [0.5, 0.6) is 0 Å². The zero-order chi connectivity index (χ0) is 14.8. The van der Waals surface area contributed by atoms with Gasteiger partial charge >= 0.3 is 0 Å². The van der Waals surface area contributed by atoms with Gasteiger partial charge in [0, 0.05) is 11.1 Å². The van der Waals surface area contributed by atoms with Crippen molar-refractivity contribution in [2.75, 3.05) is 5.75 Å². The number of primary amides is 1. The van der Waals surface area contributed by atoms with Crippen molar-refractivity contribution in [2.24, 2.45) is 11.5 Å². The normalized spacial score (nSPS) is 12.4. The standard InChI is InChI=1S/C13H20N2O3S/c1-9-6-10(12(14)16)4-5-11(9)7-19(17,18)8-13(2,3)15/h4-6H,7-8,15H2,1-3H3,(H2,14,16). The second-order valence-electron chi connectivity index (χ2n) is 5.53. The molecular weight excluding hydrogens is 264 g/mol. The molecule has 0 heterocycles. The number of aryl methyl sites for hydroxylation is 1. The fraction of sp³-hybridized carbons (Fsp3) is 0.462. The highest BCUT2D eigenvalue weighted by Crippen LogP contribution is 2.16. The number of hydrogen-bond donors (Lipinski definition) is 2. The Morgan fingerprint density at radius 3 is 2.32 bits per heavy atom. The minimum absolute atomic E-state index is 0.0848. The Hall–Kier alpha value is -1.40. The van der Waals surface area contributed by atoms with Crippen molar-refractivity contribution in [1.82, 2.24) is 0 Å². The van der Waals surface area contributed by atoms with Crippen LogP contribution in [0.25, 0.3) is 0 Å². The van der Waals surface area contributed by atoms with Gasteiger partial charge < -0.3 is 11.5 Å². The van der Waals surface area contributed by atoms with Gasteiger partial charge in [-0.05, 0) is 44.0 Å². The molecular formula is C13H20N2O3S. The summed E-state index contributed by atoms with van der Waals surface area (Å²) in [5.74, 6) is -0.698. The van der Waals surface area contributed by atoms with E-state index in [1.807, 2.05) is 0 Å². The van der Waals surface area contributed by atoms with Gasteiger partial charge in [0.2, 0.25) is 5.91 Å². The van der Waals surface area contributed by atoms with E-state index in [4.69, 9.17) is 11.5 Å². The zero-order valence-corrected chi connectivity index (χ0v) is 12.3. The van der Waals surface area contributed by atoms with Crippen LogP contribution in [-0.2, 0) is 15.6 Å². The van der Waals surface area contributed by atoms with Crippen molar-refractivity contribution in [3.8, 4) is 0 Å². The molecule has 0 atom stereocenters. The summed E-state index contributed by atoms with van der Waals surface area (Å²) in [7, 11) is -3.29. The molecule has 0 radical (unpaired) electrons. The largest absolute Gasteiger partial charge is 0.366 e. The summed E-state index contributed by atoms with van der Waals surface area (Å²) in [5.41, 5.74) is 11.9. The van der Waals surface area contributed by atoms with E-state index in [0.717, 1.165) is 5.56 Å². The lowest BCUT2D eigenvalue weighted by atomic mass is 10.1. The number of sulfone groups is 1. The smallest absolute Gasteiger partial charge is 0.248 e. The number of rotatable bonds is 5. The van der Waals surface area contributed by atoms with Crippen LogP contribution in [0.15, 0.2) is 18.2 Å². The quantitative estimate of drug-likeness (QED) is 0.832. The highest BCUT2D eigenvalue weighted by Gasteiger charge is 2.23. The Balaban J connectivity index is 2.98. The number of benzene rings is 1. The van der Waals surface area contributed by atoms with Crippen LogP contribution in [0.2, 0.25) is 0 Å². The maximum Gasteiger partial charge on any atom is 0.248 e. The predicted octanol–water partition coefficient (Wildman–Crippen LogP) is 0.746. The van der Waals surface area contributed by atoms with Crippen molar-refractivity contribution in [3.05, 3.63) is 34.9 Å². The Morgan fingerprint density at radius 2 is 1.89 bits per heavy atom. The van der Waals surface area contributed by atoms with Gasteiger partial charge in [-0.25, -0.2) is 8.42 Å². The van der Waals surface area contributed by atoms with Gasteiger partial charge in [0.1, 0.15) is 0 Å². The lowest BCUT2D eigenvalue weighted by Crippen LogP contribution is -2.40. The summed E-state index contributed by atoms with van der Waals surface area (Å²) >= 11 is 0. The third kappa shape index (κ3) is 5.00. The summed E-state index contributed by atoms with van der Waals surface area (Å²) in [6.07, 6.45) is 0. The molecule has 5 nitrogen and oxygen atoms in total. The van der Waals surface area contributed by atoms with E-state index in [0.29, 0.717) is 11.1 Å². The number of hydrogen-bond acceptors (Lipinski definition) is 4. The molecule has 4 N–H and O–H groups in total. The lowest BCUT2D eigenvalue weighted by molar-refractivity contribution is 0.1000. The van der Waals surface area contributed by atoms with E-state index < -0.39 is 21.3 Å². The van der Waals surface area contributed by atoms with Crippen LogP contribution in [0.1, 0.15) is 35.3 Å². The van der Waals surface area contributed by atoms with Crippen molar-refractivity contribution >= 4 is 15.7 Å². The summed E-state index contributed by atoms with van der Waals surface area (Å²) in [5, 5.41) is 0. The lowest BCUT2D eigenvalue weighted by Gasteiger charge is -2.18. The molecule has 1 aromatic carbocycles. The van der Waals surface area contributed by atoms with Gasteiger partial charge in [-0.2, -0.15) is 0 Å². The summed E-state index contributed by atoms with van der Waals surface area (Å²) < 4.78 is 24.0. The van der Waals surface area contributed by atoms with Crippen LogP contribution in [-0.4, -0.2) is 25.6 Å². The average molecular weight is 284 g/mol. The van der Waals surface area contributed by atoms with E-state index in [1.165, 1.54) is 6.07 Å². The van der Waals surface area contributed by atoms with E-state index >= 15 is 0 Å². The van der Waals surface area contributed by atoms with Crippen LogP contribution >= 0.6 is 0 Å². The third-order valence-electron chi connectivity index (χ3n) is 2.59. The topological polar surface area (TPSA) is 103 Å². The molecule has 0 unspecified atom stereocenters. The minimum atomic E-state index is -3.29.